The Morgan fingerprint density at radius 1 is 1.30 bits per heavy atom. The predicted octanol–water partition coefficient (Wildman–Crippen LogP) is 1.96. The number of esters is 1. The molecule has 110 valence electrons. The summed E-state index contributed by atoms with van der Waals surface area (Å²) in [5.41, 5.74) is 0. The van der Waals surface area contributed by atoms with E-state index >= 15 is 0 Å². The van der Waals surface area contributed by atoms with E-state index in [-0.39, 0.29) is 11.9 Å². The molecule has 1 aliphatic heterocycles. The molecule has 6 nitrogen and oxygen atoms in total. The number of rotatable bonds is 3. The second-order valence-corrected chi connectivity index (χ2v) is 5.71. The van der Waals surface area contributed by atoms with Gasteiger partial charge in [-0.05, 0) is 38.5 Å². The molecule has 0 spiro atoms. The first-order valence-corrected chi connectivity index (χ1v) is 7.63. The van der Waals surface area contributed by atoms with Crippen LogP contribution in [0.15, 0.2) is 0 Å². The van der Waals surface area contributed by atoms with Crippen LogP contribution in [0.25, 0.3) is 0 Å². The first-order chi connectivity index (χ1) is 9.78. The van der Waals surface area contributed by atoms with Crippen molar-refractivity contribution >= 4 is 5.97 Å². The summed E-state index contributed by atoms with van der Waals surface area (Å²) in [4.78, 5) is 15.9. The minimum atomic E-state index is -0.457. The third kappa shape index (κ3) is 2.70. The van der Waals surface area contributed by atoms with Gasteiger partial charge >= 0.3 is 5.97 Å². The number of aromatic nitrogens is 3. The zero-order chi connectivity index (χ0) is 13.9. The van der Waals surface area contributed by atoms with Crippen LogP contribution in [0.4, 0.5) is 0 Å². The van der Waals surface area contributed by atoms with Crippen molar-refractivity contribution in [2.24, 2.45) is 5.92 Å². The molecule has 1 aromatic rings. The lowest BCUT2D eigenvalue weighted by Gasteiger charge is -2.39. The zero-order valence-corrected chi connectivity index (χ0v) is 11.9. The molecule has 3 unspecified atom stereocenters. The monoisotopic (exact) mass is 278 g/mol. The van der Waals surface area contributed by atoms with Gasteiger partial charge in [0.1, 0.15) is 5.82 Å². The molecule has 20 heavy (non-hydrogen) atoms. The molecule has 1 aliphatic carbocycles. The number of hydrogen-bond acceptors (Lipinski definition) is 5. The fourth-order valence-electron chi connectivity index (χ4n) is 3.43. The number of nitrogens with one attached hydrogen (secondary N) is 2. The molecular weight excluding hydrogens is 256 g/mol. The maximum atomic E-state index is 11.6. The average molecular weight is 278 g/mol. The molecule has 1 saturated heterocycles. The molecule has 2 N–H and O–H groups in total. The molecule has 0 radical (unpaired) electrons. The van der Waals surface area contributed by atoms with Gasteiger partial charge in [0.25, 0.3) is 5.82 Å². The van der Waals surface area contributed by atoms with Gasteiger partial charge in [-0.25, -0.2) is 9.78 Å². The lowest BCUT2D eigenvalue weighted by atomic mass is 9.77. The molecule has 1 aromatic heterocycles. The number of hydrogen-bond donors (Lipinski definition) is 2. The van der Waals surface area contributed by atoms with Gasteiger partial charge in [-0.3, -0.25) is 5.10 Å². The van der Waals surface area contributed by atoms with Gasteiger partial charge in [-0.15, -0.1) is 5.10 Å². The van der Waals surface area contributed by atoms with Gasteiger partial charge in [-0.1, -0.05) is 12.8 Å². The number of nitrogens with zero attached hydrogens (tertiary/aromatic N) is 2. The number of carbonyl (C=O) groups is 1. The first-order valence-electron chi connectivity index (χ1n) is 7.63. The Kier molecular flexibility index (Phi) is 4.00. The third-order valence-electron chi connectivity index (χ3n) is 4.44. The summed E-state index contributed by atoms with van der Waals surface area (Å²) in [5.74, 6) is 1.25. The number of carbonyl (C=O) groups excluding carboxylic acids is 1. The standard InChI is InChI=1S/C14H22N4O2/c1-2-20-14(19)13-16-12(17-18-13)11-8-7-9-5-3-4-6-10(9)15-11/h9-11,15H,2-8H2,1H3,(H,16,17,18). The molecule has 2 heterocycles. The molecule has 0 aromatic carbocycles. The van der Waals surface area contributed by atoms with Gasteiger partial charge < -0.3 is 10.1 Å². The fourth-order valence-corrected chi connectivity index (χ4v) is 3.43. The van der Waals surface area contributed by atoms with Gasteiger partial charge in [-0.2, -0.15) is 0 Å². The summed E-state index contributed by atoms with van der Waals surface area (Å²) in [6.07, 6.45) is 7.56. The molecule has 2 fully saturated rings. The van der Waals surface area contributed by atoms with Crippen molar-refractivity contribution in [1.29, 1.82) is 0 Å². The van der Waals surface area contributed by atoms with Crippen molar-refractivity contribution in [3.05, 3.63) is 11.6 Å². The van der Waals surface area contributed by atoms with Crippen LogP contribution in [0.1, 0.15) is 67.9 Å². The van der Waals surface area contributed by atoms with Gasteiger partial charge in [0.2, 0.25) is 0 Å². The summed E-state index contributed by atoms with van der Waals surface area (Å²) in [6, 6.07) is 0.781. The fraction of sp³-hybridized carbons (Fsp3) is 0.786. The van der Waals surface area contributed by atoms with Crippen molar-refractivity contribution in [2.75, 3.05) is 6.61 Å². The largest absolute Gasteiger partial charge is 0.460 e. The van der Waals surface area contributed by atoms with Crippen molar-refractivity contribution in [3.8, 4) is 0 Å². The summed E-state index contributed by atoms with van der Waals surface area (Å²) < 4.78 is 4.91. The molecule has 0 bridgehead atoms. The van der Waals surface area contributed by atoms with Crippen molar-refractivity contribution in [2.45, 2.75) is 57.5 Å². The van der Waals surface area contributed by atoms with Gasteiger partial charge in [0.15, 0.2) is 0 Å². The van der Waals surface area contributed by atoms with Crippen molar-refractivity contribution in [1.82, 2.24) is 20.5 Å². The maximum absolute atomic E-state index is 11.6. The van der Waals surface area contributed by atoms with Crippen LogP contribution in [0.3, 0.4) is 0 Å². The Balaban J connectivity index is 1.66. The Bertz CT molecular complexity index is 473. The summed E-state index contributed by atoms with van der Waals surface area (Å²) in [7, 11) is 0. The Hall–Kier alpha value is -1.43. The summed E-state index contributed by atoms with van der Waals surface area (Å²) in [5, 5.41) is 10.5. The Morgan fingerprint density at radius 3 is 3.00 bits per heavy atom. The van der Waals surface area contributed by atoms with E-state index in [0.29, 0.717) is 12.6 Å². The number of ether oxygens (including phenoxy) is 1. The highest BCUT2D eigenvalue weighted by molar-refractivity contribution is 5.84. The quantitative estimate of drug-likeness (QED) is 0.826. The predicted molar refractivity (Wildman–Crippen MR) is 73.2 cm³/mol. The van der Waals surface area contributed by atoms with E-state index in [9.17, 15) is 4.79 Å². The minimum Gasteiger partial charge on any atom is -0.460 e. The number of H-pyrrole nitrogens is 1. The molecule has 3 atom stereocenters. The second kappa shape index (κ2) is 5.91. The van der Waals surface area contributed by atoms with E-state index in [4.69, 9.17) is 4.74 Å². The number of aromatic amines is 1. The maximum Gasteiger partial charge on any atom is 0.378 e. The zero-order valence-electron chi connectivity index (χ0n) is 11.9. The van der Waals surface area contributed by atoms with Gasteiger partial charge in [0.05, 0.1) is 12.6 Å². The minimum absolute atomic E-state index is 0.134. The molecule has 2 aliphatic rings. The molecule has 3 rings (SSSR count). The van der Waals surface area contributed by atoms with E-state index in [1.807, 2.05) is 0 Å². The molecule has 6 heteroatoms. The Labute approximate surface area is 118 Å². The van der Waals surface area contributed by atoms with E-state index in [0.717, 1.165) is 18.2 Å². The van der Waals surface area contributed by atoms with Crippen LogP contribution in [0, 0.1) is 5.92 Å². The topological polar surface area (TPSA) is 79.9 Å². The van der Waals surface area contributed by atoms with E-state index in [1.54, 1.807) is 6.92 Å². The van der Waals surface area contributed by atoms with E-state index in [1.165, 1.54) is 32.1 Å². The van der Waals surface area contributed by atoms with Crippen LogP contribution in [-0.2, 0) is 4.74 Å². The first kappa shape index (κ1) is 13.5. The second-order valence-electron chi connectivity index (χ2n) is 5.71. The number of piperidine rings is 1. The Morgan fingerprint density at radius 2 is 2.15 bits per heavy atom. The van der Waals surface area contributed by atoms with Crippen LogP contribution >= 0.6 is 0 Å². The van der Waals surface area contributed by atoms with Crippen LogP contribution in [0.5, 0.6) is 0 Å². The summed E-state index contributed by atoms with van der Waals surface area (Å²) >= 11 is 0. The van der Waals surface area contributed by atoms with Crippen LogP contribution < -0.4 is 5.32 Å². The number of fused-ring (bicyclic) bond motifs is 1. The lowest BCUT2D eigenvalue weighted by molar-refractivity contribution is 0.0512. The molecular formula is C14H22N4O2. The van der Waals surface area contributed by atoms with Crippen molar-refractivity contribution < 1.29 is 9.53 Å². The normalized spacial score (nSPS) is 29.8. The molecule has 1 saturated carbocycles. The van der Waals surface area contributed by atoms with E-state index < -0.39 is 5.97 Å². The van der Waals surface area contributed by atoms with Crippen LogP contribution in [0.2, 0.25) is 0 Å². The SMILES string of the molecule is CCOC(=O)c1n[nH]c(C2CCC3CCCCC3N2)n1. The van der Waals surface area contributed by atoms with Crippen molar-refractivity contribution in [3.63, 3.8) is 0 Å². The molecule has 0 amide bonds. The average Bonchev–Trinajstić information content (AvgIpc) is 2.97. The van der Waals surface area contributed by atoms with Gasteiger partial charge in [0, 0.05) is 6.04 Å². The third-order valence-corrected chi connectivity index (χ3v) is 4.44. The lowest BCUT2D eigenvalue weighted by Crippen LogP contribution is -2.45. The van der Waals surface area contributed by atoms with Crippen LogP contribution in [-0.4, -0.2) is 33.8 Å². The highest BCUT2D eigenvalue weighted by atomic mass is 16.5. The highest BCUT2D eigenvalue weighted by Gasteiger charge is 2.33. The highest BCUT2D eigenvalue weighted by Crippen LogP contribution is 2.35. The summed E-state index contributed by atoms with van der Waals surface area (Å²) in [6.45, 7) is 2.12. The van der Waals surface area contributed by atoms with E-state index in [2.05, 4.69) is 20.5 Å². The smallest absolute Gasteiger partial charge is 0.378 e.